The summed E-state index contributed by atoms with van der Waals surface area (Å²) in [5.41, 5.74) is 4.91. The van der Waals surface area contributed by atoms with Crippen LogP contribution in [0.1, 0.15) is 20.8 Å². The molecule has 1 rings (SSSR count). The summed E-state index contributed by atoms with van der Waals surface area (Å²) in [6.45, 7) is 8.06. The van der Waals surface area contributed by atoms with Crippen LogP contribution in [0.5, 0.6) is 0 Å². The van der Waals surface area contributed by atoms with E-state index in [0.29, 0.717) is 13.2 Å². The summed E-state index contributed by atoms with van der Waals surface area (Å²) in [6.07, 6.45) is -1.00. The smallest absolute Gasteiger partial charge is 0.404 e. The summed E-state index contributed by atoms with van der Waals surface area (Å²) >= 11 is 0. The third-order valence-corrected chi connectivity index (χ3v) is 2.41. The van der Waals surface area contributed by atoms with Crippen molar-refractivity contribution in [2.75, 3.05) is 19.8 Å². The molecule has 0 aromatic carbocycles. The Kier molecular flexibility index (Phi) is 3.93. The SMILES string of the molecule is CC(C)(C)[C@@H](OC(N)=O)C1COCCN1. The van der Waals surface area contributed by atoms with Gasteiger partial charge in [0.05, 0.1) is 19.3 Å². The molecule has 1 saturated heterocycles. The highest BCUT2D eigenvalue weighted by Crippen LogP contribution is 2.25. The number of nitrogens with one attached hydrogen (secondary N) is 1. The fraction of sp³-hybridized carbons (Fsp3) is 0.900. The van der Waals surface area contributed by atoms with Gasteiger partial charge in [0.25, 0.3) is 0 Å². The van der Waals surface area contributed by atoms with Gasteiger partial charge in [-0.2, -0.15) is 0 Å². The molecular weight excluding hydrogens is 196 g/mol. The van der Waals surface area contributed by atoms with Crippen LogP contribution in [0.25, 0.3) is 0 Å². The Morgan fingerprint density at radius 1 is 1.60 bits per heavy atom. The number of primary amides is 1. The van der Waals surface area contributed by atoms with E-state index in [1.54, 1.807) is 0 Å². The quantitative estimate of drug-likeness (QED) is 0.704. The maximum Gasteiger partial charge on any atom is 0.404 e. The second-order valence-corrected chi connectivity index (χ2v) is 4.86. The van der Waals surface area contributed by atoms with Crippen LogP contribution in [0.3, 0.4) is 0 Å². The van der Waals surface area contributed by atoms with Crippen LogP contribution in [0, 0.1) is 5.41 Å². The molecule has 1 fully saturated rings. The first-order valence-corrected chi connectivity index (χ1v) is 5.18. The monoisotopic (exact) mass is 216 g/mol. The summed E-state index contributed by atoms with van der Waals surface area (Å²) in [5, 5.41) is 3.27. The number of rotatable bonds is 2. The molecule has 0 aliphatic carbocycles. The zero-order valence-corrected chi connectivity index (χ0v) is 9.58. The van der Waals surface area contributed by atoms with Gasteiger partial charge in [0, 0.05) is 12.0 Å². The fourth-order valence-electron chi connectivity index (χ4n) is 1.77. The highest BCUT2D eigenvalue weighted by atomic mass is 16.6. The molecule has 2 atom stereocenters. The molecule has 0 saturated carbocycles. The van der Waals surface area contributed by atoms with Crippen molar-refractivity contribution in [3.05, 3.63) is 0 Å². The van der Waals surface area contributed by atoms with E-state index in [0.717, 1.165) is 6.54 Å². The van der Waals surface area contributed by atoms with Crippen molar-refractivity contribution < 1.29 is 14.3 Å². The van der Waals surface area contributed by atoms with E-state index in [1.165, 1.54) is 0 Å². The number of carbonyl (C=O) groups is 1. The van der Waals surface area contributed by atoms with Crippen molar-refractivity contribution in [2.45, 2.75) is 32.9 Å². The Labute approximate surface area is 90.3 Å². The molecule has 5 heteroatoms. The second kappa shape index (κ2) is 4.81. The number of morpholine rings is 1. The molecule has 1 aliphatic rings. The molecule has 5 nitrogen and oxygen atoms in total. The van der Waals surface area contributed by atoms with Gasteiger partial charge in [0.1, 0.15) is 6.10 Å². The van der Waals surface area contributed by atoms with Crippen LogP contribution >= 0.6 is 0 Å². The average molecular weight is 216 g/mol. The predicted octanol–water partition coefficient (Wildman–Crippen LogP) is 0.485. The van der Waals surface area contributed by atoms with Crippen LogP contribution in [0.4, 0.5) is 4.79 Å². The predicted molar refractivity (Wildman–Crippen MR) is 56.5 cm³/mol. The van der Waals surface area contributed by atoms with Gasteiger partial charge >= 0.3 is 6.09 Å². The number of hydrogen-bond acceptors (Lipinski definition) is 4. The number of nitrogens with two attached hydrogens (primary N) is 1. The fourth-order valence-corrected chi connectivity index (χ4v) is 1.77. The van der Waals surface area contributed by atoms with Gasteiger partial charge in [-0.05, 0) is 0 Å². The Balaban J connectivity index is 2.66. The minimum Gasteiger partial charge on any atom is -0.444 e. The first kappa shape index (κ1) is 12.3. The highest BCUT2D eigenvalue weighted by Gasteiger charge is 2.36. The second-order valence-electron chi connectivity index (χ2n) is 4.86. The topological polar surface area (TPSA) is 73.6 Å². The standard InChI is InChI=1S/C10H20N2O3/c1-10(2,3)8(15-9(11)13)7-6-14-5-4-12-7/h7-8,12H,4-6H2,1-3H3,(H2,11,13)/t7?,8-/m0/s1. The molecule has 0 bridgehead atoms. The minimum absolute atomic E-state index is 0.0197. The van der Waals surface area contributed by atoms with Gasteiger partial charge in [-0.1, -0.05) is 20.8 Å². The van der Waals surface area contributed by atoms with Crippen LogP contribution in [-0.4, -0.2) is 38.0 Å². The van der Waals surface area contributed by atoms with Gasteiger partial charge in [-0.3, -0.25) is 0 Å². The highest BCUT2D eigenvalue weighted by molar-refractivity contribution is 5.65. The van der Waals surface area contributed by atoms with Crippen LogP contribution in [0.15, 0.2) is 0 Å². The van der Waals surface area contributed by atoms with Crippen LogP contribution < -0.4 is 11.1 Å². The number of carbonyl (C=O) groups excluding carboxylic acids is 1. The molecule has 1 aliphatic heterocycles. The third kappa shape index (κ3) is 3.68. The molecule has 3 N–H and O–H groups in total. The van der Waals surface area contributed by atoms with E-state index < -0.39 is 6.09 Å². The zero-order chi connectivity index (χ0) is 11.5. The van der Waals surface area contributed by atoms with Gasteiger partial charge in [0.2, 0.25) is 0 Å². The van der Waals surface area contributed by atoms with E-state index >= 15 is 0 Å². The third-order valence-electron chi connectivity index (χ3n) is 2.41. The lowest BCUT2D eigenvalue weighted by Gasteiger charge is -2.38. The maximum atomic E-state index is 10.8. The van der Waals surface area contributed by atoms with E-state index in [1.807, 2.05) is 20.8 Å². The van der Waals surface area contributed by atoms with Gasteiger partial charge in [0.15, 0.2) is 0 Å². The van der Waals surface area contributed by atoms with Crippen LogP contribution in [0.2, 0.25) is 0 Å². The molecule has 1 unspecified atom stereocenters. The average Bonchev–Trinajstić information content (AvgIpc) is 2.14. The van der Waals surface area contributed by atoms with Gasteiger partial charge in [-0.15, -0.1) is 0 Å². The lowest BCUT2D eigenvalue weighted by molar-refractivity contribution is -0.0344. The lowest BCUT2D eigenvalue weighted by Crippen LogP contribution is -2.55. The summed E-state index contributed by atoms with van der Waals surface area (Å²) in [6, 6.07) is 0.0197. The van der Waals surface area contributed by atoms with E-state index in [9.17, 15) is 4.79 Å². The van der Waals surface area contributed by atoms with Gasteiger partial charge < -0.3 is 20.5 Å². The summed E-state index contributed by atoms with van der Waals surface area (Å²) in [7, 11) is 0. The van der Waals surface area contributed by atoms with E-state index in [-0.39, 0.29) is 17.6 Å². The first-order valence-electron chi connectivity index (χ1n) is 5.18. The largest absolute Gasteiger partial charge is 0.444 e. The summed E-state index contributed by atoms with van der Waals surface area (Å²) < 4.78 is 10.5. The number of amides is 1. The normalized spacial score (nSPS) is 24.6. The number of hydrogen-bond donors (Lipinski definition) is 2. The molecule has 0 aromatic heterocycles. The Bertz CT molecular complexity index is 219. The first-order chi connectivity index (χ1) is 6.91. The zero-order valence-electron chi connectivity index (χ0n) is 9.58. The molecule has 88 valence electrons. The van der Waals surface area contributed by atoms with Crippen molar-refractivity contribution in [1.82, 2.24) is 5.32 Å². The van der Waals surface area contributed by atoms with E-state index in [2.05, 4.69) is 5.32 Å². The van der Waals surface area contributed by atoms with Crippen LogP contribution in [-0.2, 0) is 9.47 Å². The van der Waals surface area contributed by atoms with Crippen molar-refractivity contribution in [2.24, 2.45) is 11.1 Å². The minimum atomic E-state index is -0.734. The van der Waals surface area contributed by atoms with Crippen molar-refractivity contribution >= 4 is 6.09 Å². The molecule has 0 aromatic rings. The molecule has 0 spiro atoms. The Morgan fingerprint density at radius 3 is 2.67 bits per heavy atom. The van der Waals surface area contributed by atoms with E-state index in [4.69, 9.17) is 15.2 Å². The molecular formula is C10H20N2O3. The van der Waals surface area contributed by atoms with Crippen molar-refractivity contribution in [1.29, 1.82) is 0 Å². The number of ether oxygens (including phenoxy) is 2. The molecule has 0 radical (unpaired) electrons. The molecule has 15 heavy (non-hydrogen) atoms. The summed E-state index contributed by atoms with van der Waals surface area (Å²) in [5.74, 6) is 0. The lowest BCUT2D eigenvalue weighted by atomic mass is 9.84. The summed E-state index contributed by atoms with van der Waals surface area (Å²) in [4.78, 5) is 10.8. The van der Waals surface area contributed by atoms with Crippen molar-refractivity contribution in [3.8, 4) is 0 Å². The van der Waals surface area contributed by atoms with Crippen molar-refractivity contribution in [3.63, 3.8) is 0 Å². The Hall–Kier alpha value is -0.810. The molecule has 1 amide bonds. The maximum absolute atomic E-state index is 10.8. The molecule has 1 heterocycles. The van der Waals surface area contributed by atoms with Gasteiger partial charge in [-0.25, -0.2) is 4.79 Å². The Morgan fingerprint density at radius 2 is 2.27 bits per heavy atom.